The minimum absolute atomic E-state index is 0.477. The van der Waals surface area contributed by atoms with Gasteiger partial charge in [0.15, 0.2) is 0 Å². The number of hydrogen-bond donors (Lipinski definition) is 1. The van der Waals surface area contributed by atoms with E-state index in [1.807, 2.05) is 0 Å². The maximum atomic E-state index is 3.53. The van der Waals surface area contributed by atoms with Crippen LogP contribution in [0.4, 0.5) is 0 Å². The van der Waals surface area contributed by atoms with Gasteiger partial charge in [-0.25, -0.2) is 0 Å². The van der Waals surface area contributed by atoms with Gasteiger partial charge in [-0.2, -0.15) is 0 Å². The fourth-order valence-corrected chi connectivity index (χ4v) is 4.16. The van der Waals surface area contributed by atoms with Crippen molar-refractivity contribution in [1.82, 2.24) is 5.32 Å². The highest BCUT2D eigenvalue weighted by molar-refractivity contribution is 9.10. The lowest BCUT2D eigenvalue weighted by atomic mass is 9.66. The lowest BCUT2D eigenvalue weighted by Crippen LogP contribution is -2.38. The van der Waals surface area contributed by atoms with Crippen molar-refractivity contribution in [2.45, 2.75) is 58.3 Å². The normalized spacial score (nSPS) is 26.0. The molecule has 0 radical (unpaired) electrons. The summed E-state index contributed by atoms with van der Waals surface area (Å²) in [5, 5.41) is 3.46. The Morgan fingerprint density at radius 2 is 1.86 bits per heavy atom. The predicted octanol–water partition coefficient (Wildman–Crippen LogP) is 5.58. The number of benzene rings is 1. The van der Waals surface area contributed by atoms with Crippen LogP contribution in [0.1, 0.15) is 57.4 Å². The Hall–Kier alpha value is -0.340. The largest absolute Gasteiger partial charge is 0.319 e. The van der Waals surface area contributed by atoms with E-state index in [1.54, 1.807) is 0 Å². The fraction of sp³-hybridized carbons (Fsp3) is 0.684. The molecule has 1 nitrogen and oxygen atoms in total. The molecule has 0 atom stereocenters. The Kier molecular flexibility index (Phi) is 6.75. The first kappa shape index (κ1) is 17.0. The van der Waals surface area contributed by atoms with Crippen LogP contribution in [-0.2, 0) is 6.42 Å². The fourth-order valence-electron chi connectivity index (χ4n) is 3.90. The van der Waals surface area contributed by atoms with E-state index in [0.717, 1.165) is 12.5 Å². The summed E-state index contributed by atoms with van der Waals surface area (Å²) in [5.41, 5.74) is 1.96. The lowest BCUT2D eigenvalue weighted by Gasteiger charge is -2.40. The van der Waals surface area contributed by atoms with Gasteiger partial charge < -0.3 is 5.32 Å². The molecule has 0 unspecified atom stereocenters. The first-order valence-electron chi connectivity index (χ1n) is 8.56. The standard InChI is InChI=1S/C19H30BrN/c1-3-4-5-16-10-12-19(13-11-16,15-21-2)14-17-6-8-18(20)9-7-17/h6-9,16,21H,3-5,10-15H2,1-2H3. The zero-order valence-electron chi connectivity index (χ0n) is 13.6. The van der Waals surface area contributed by atoms with Crippen LogP contribution in [0.25, 0.3) is 0 Å². The molecule has 1 fully saturated rings. The summed E-state index contributed by atoms with van der Waals surface area (Å²) in [6.45, 7) is 3.46. The highest BCUT2D eigenvalue weighted by Crippen LogP contribution is 2.42. The van der Waals surface area contributed by atoms with Crippen LogP contribution in [0.15, 0.2) is 28.7 Å². The number of rotatable bonds is 7. The second kappa shape index (κ2) is 8.33. The zero-order valence-corrected chi connectivity index (χ0v) is 15.2. The second-order valence-electron chi connectivity index (χ2n) is 6.92. The van der Waals surface area contributed by atoms with Gasteiger partial charge in [0.2, 0.25) is 0 Å². The molecule has 2 rings (SSSR count). The summed E-state index contributed by atoms with van der Waals surface area (Å²) >= 11 is 3.53. The van der Waals surface area contributed by atoms with Gasteiger partial charge in [0, 0.05) is 11.0 Å². The number of nitrogens with one attached hydrogen (secondary N) is 1. The molecule has 0 aromatic heterocycles. The summed E-state index contributed by atoms with van der Waals surface area (Å²) in [6.07, 6.45) is 11.1. The van der Waals surface area contributed by atoms with Gasteiger partial charge in [-0.05, 0) is 68.2 Å². The average molecular weight is 352 g/mol. The molecule has 0 saturated heterocycles. The van der Waals surface area contributed by atoms with Crippen molar-refractivity contribution in [3.8, 4) is 0 Å². The Morgan fingerprint density at radius 1 is 1.19 bits per heavy atom. The third-order valence-corrected chi connectivity index (χ3v) is 5.70. The SMILES string of the molecule is CCCCC1CCC(CNC)(Cc2ccc(Br)cc2)CC1. The molecule has 0 amide bonds. The molecular formula is C19H30BrN. The molecule has 0 bridgehead atoms. The predicted molar refractivity (Wildman–Crippen MR) is 95.7 cm³/mol. The maximum Gasteiger partial charge on any atom is 0.0175 e. The van der Waals surface area contributed by atoms with E-state index in [4.69, 9.17) is 0 Å². The highest BCUT2D eigenvalue weighted by atomic mass is 79.9. The molecule has 2 heteroatoms. The van der Waals surface area contributed by atoms with Gasteiger partial charge in [-0.15, -0.1) is 0 Å². The lowest BCUT2D eigenvalue weighted by molar-refractivity contribution is 0.141. The smallest absolute Gasteiger partial charge is 0.0175 e. The Bertz CT molecular complexity index is 404. The van der Waals surface area contributed by atoms with Crippen molar-refractivity contribution < 1.29 is 0 Å². The van der Waals surface area contributed by atoms with Crippen molar-refractivity contribution >= 4 is 15.9 Å². The van der Waals surface area contributed by atoms with Gasteiger partial charge >= 0.3 is 0 Å². The van der Waals surface area contributed by atoms with Gasteiger partial charge in [-0.1, -0.05) is 54.2 Å². The van der Waals surface area contributed by atoms with Crippen molar-refractivity contribution in [1.29, 1.82) is 0 Å². The molecule has 1 aliphatic carbocycles. The second-order valence-corrected chi connectivity index (χ2v) is 7.83. The summed E-state index contributed by atoms with van der Waals surface area (Å²) in [4.78, 5) is 0. The quantitative estimate of drug-likeness (QED) is 0.676. The third kappa shape index (κ3) is 5.10. The molecule has 118 valence electrons. The minimum atomic E-state index is 0.477. The molecule has 1 aromatic carbocycles. The third-order valence-electron chi connectivity index (χ3n) is 5.18. The van der Waals surface area contributed by atoms with Crippen LogP contribution in [0.5, 0.6) is 0 Å². The summed E-state index contributed by atoms with van der Waals surface area (Å²) in [5.74, 6) is 0.986. The minimum Gasteiger partial charge on any atom is -0.319 e. The number of halogens is 1. The Morgan fingerprint density at radius 3 is 2.43 bits per heavy atom. The monoisotopic (exact) mass is 351 g/mol. The zero-order chi connectivity index (χ0) is 15.1. The van der Waals surface area contributed by atoms with E-state index in [2.05, 4.69) is 59.5 Å². The summed E-state index contributed by atoms with van der Waals surface area (Å²) in [7, 11) is 2.10. The molecule has 0 heterocycles. The van der Waals surface area contributed by atoms with Gasteiger partial charge in [-0.3, -0.25) is 0 Å². The van der Waals surface area contributed by atoms with Crippen LogP contribution < -0.4 is 5.32 Å². The van der Waals surface area contributed by atoms with Crippen LogP contribution in [0.2, 0.25) is 0 Å². The van der Waals surface area contributed by atoms with E-state index < -0.39 is 0 Å². The van der Waals surface area contributed by atoms with Crippen LogP contribution in [0.3, 0.4) is 0 Å². The molecule has 1 saturated carbocycles. The molecule has 1 aromatic rings. The molecule has 1 aliphatic rings. The molecule has 1 N–H and O–H groups in total. The first-order valence-corrected chi connectivity index (χ1v) is 9.36. The average Bonchev–Trinajstić information content (AvgIpc) is 2.50. The van der Waals surface area contributed by atoms with Gasteiger partial charge in [0.1, 0.15) is 0 Å². The van der Waals surface area contributed by atoms with Crippen molar-refractivity contribution in [3.63, 3.8) is 0 Å². The Labute approximate surface area is 139 Å². The van der Waals surface area contributed by atoms with Crippen LogP contribution in [0, 0.1) is 11.3 Å². The number of hydrogen-bond acceptors (Lipinski definition) is 1. The Balaban J connectivity index is 1.96. The molecule has 0 aliphatic heterocycles. The van der Waals surface area contributed by atoms with Gasteiger partial charge in [0.25, 0.3) is 0 Å². The van der Waals surface area contributed by atoms with Crippen LogP contribution in [-0.4, -0.2) is 13.6 Å². The highest BCUT2D eigenvalue weighted by Gasteiger charge is 2.34. The van der Waals surface area contributed by atoms with Crippen LogP contribution >= 0.6 is 15.9 Å². The van der Waals surface area contributed by atoms with Crippen molar-refractivity contribution in [2.75, 3.05) is 13.6 Å². The van der Waals surface area contributed by atoms with E-state index in [1.165, 1.54) is 61.4 Å². The van der Waals surface area contributed by atoms with Gasteiger partial charge in [0.05, 0.1) is 0 Å². The maximum absolute atomic E-state index is 3.53. The van der Waals surface area contributed by atoms with E-state index in [9.17, 15) is 0 Å². The van der Waals surface area contributed by atoms with Crippen molar-refractivity contribution in [2.24, 2.45) is 11.3 Å². The topological polar surface area (TPSA) is 12.0 Å². The van der Waals surface area contributed by atoms with Crippen molar-refractivity contribution in [3.05, 3.63) is 34.3 Å². The van der Waals surface area contributed by atoms with E-state index in [-0.39, 0.29) is 0 Å². The van der Waals surface area contributed by atoms with E-state index in [0.29, 0.717) is 5.41 Å². The number of unbranched alkanes of at least 4 members (excludes halogenated alkanes) is 1. The molecule has 21 heavy (non-hydrogen) atoms. The van der Waals surface area contributed by atoms with E-state index >= 15 is 0 Å². The molecule has 0 spiro atoms. The first-order chi connectivity index (χ1) is 10.2. The summed E-state index contributed by atoms with van der Waals surface area (Å²) < 4.78 is 1.18. The summed E-state index contributed by atoms with van der Waals surface area (Å²) in [6, 6.07) is 8.92. The molecular weight excluding hydrogens is 322 g/mol.